The van der Waals surface area contributed by atoms with E-state index in [4.69, 9.17) is 4.74 Å². The van der Waals surface area contributed by atoms with Gasteiger partial charge in [0.1, 0.15) is 5.82 Å². The number of esters is 1. The predicted molar refractivity (Wildman–Crippen MR) is 83.6 cm³/mol. The first-order valence-electron chi connectivity index (χ1n) is 7.52. The second-order valence-electron chi connectivity index (χ2n) is 5.54. The number of nitrogens with zero attached hydrogens (tertiary/aromatic N) is 1. The van der Waals surface area contributed by atoms with Crippen molar-refractivity contribution in [1.82, 2.24) is 4.98 Å². The highest BCUT2D eigenvalue weighted by molar-refractivity contribution is 6.07. The highest BCUT2D eigenvalue weighted by Gasteiger charge is 2.17. The Balaban J connectivity index is 1.98. The number of rotatable bonds is 3. The maximum atomic E-state index is 11.8. The molecule has 3 rings (SSSR count). The zero-order chi connectivity index (χ0) is 14.7. The van der Waals surface area contributed by atoms with E-state index in [0.29, 0.717) is 11.6 Å². The number of aromatic nitrogens is 1. The van der Waals surface area contributed by atoms with Crippen molar-refractivity contribution in [2.24, 2.45) is 0 Å². The van der Waals surface area contributed by atoms with Crippen molar-refractivity contribution in [2.75, 3.05) is 12.4 Å². The number of nitrogens with one attached hydrogen (secondary N) is 1. The number of pyridine rings is 1. The second kappa shape index (κ2) is 6.12. The lowest BCUT2D eigenvalue weighted by atomic mass is 9.95. The van der Waals surface area contributed by atoms with Gasteiger partial charge in [0.2, 0.25) is 0 Å². The molecule has 110 valence electrons. The Morgan fingerprint density at radius 1 is 1.19 bits per heavy atom. The zero-order valence-electron chi connectivity index (χ0n) is 12.3. The number of hydrogen-bond donors (Lipinski definition) is 1. The maximum Gasteiger partial charge on any atom is 0.340 e. The lowest BCUT2D eigenvalue weighted by molar-refractivity contribution is 0.0602. The zero-order valence-corrected chi connectivity index (χ0v) is 12.3. The minimum absolute atomic E-state index is 0.345. The Labute approximate surface area is 124 Å². The van der Waals surface area contributed by atoms with Crippen LogP contribution in [0.1, 0.15) is 42.5 Å². The van der Waals surface area contributed by atoms with Crippen molar-refractivity contribution in [3.05, 3.63) is 36.0 Å². The van der Waals surface area contributed by atoms with Crippen LogP contribution in [0.3, 0.4) is 0 Å². The molecule has 2 aromatic rings. The van der Waals surface area contributed by atoms with Crippen molar-refractivity contribution in [1.29, 1.82) is 0 Å². The molecule has 4 heteroatoms. The smallest absolute Gasteiger partial charge is 0.340 e. The van der Waals surface area contributed by atoms with Crippen LogP contribution in [0.5, 0.6) is 0 Å². The number of hydrogen-bond acceptors (Lipinski definition) is 4. The topological polar surface area (TPSA) is 51.2 Å². The molecule has 1 aliphatic carbocycles. The summed E-state index contributed by atoms with van der Waals surface area (Å²) < 4.78 is 4.83. The minimum Gasteiger partial charge on any atom is -0.465 e. The molecule has 1 aliphatic rings. The van der Waals surface area contributed by atoms with Crippen molar-refractivity contribution < 1.29 is 9.53 Å². The predicted octanol–water partition coefficient (Wildman–Crippen LogP) is 3.77. The average molecular weight is 284 g/mol. The third-order valence-corrected chi connectivity index (χ3v) is 4.15. The summed E-state index contributed by atoms with van der Waals surface area (Å²) in [4.78, 5) is 16.3. The molecule has 1 aromatic heterocycles. The Bertz CT molecular complexity index is 648. The summed E-state index contributed by atoms with van der Waals surface area (Å²) in [5.74, 6) is 0.521. The van der Waals surface area contributed by atoms with Gasteiger partial charge in [0.05, 0.1) is 12.7 Å². The van der Waals surface area contributed by atoms with E-state index in [1.54, 1.807) is 6.20 Å². The number of ether oxygens (including phenoxy) is 1. The van der Waals surface area contributed by atoms with Crippen LogP contribution >= 0.6 is 0 Å². The number of anilines is 1. The van der Waals surface area contributed by atoms with Crippen LogP contribution in [-0.4, -0.2) is 24.1 Å². The third-order valence-electron chi connectivity index (χ3n) is 4.15. The van der Waals surface area contributed by atoms with Crippen molar-refractivity contribution in [2.45, 2.75) is 38.1 Å². The van der Waals surface area contributed by atoms with E-state index in [1.807, 2.05) is 24.3 Å². The lowest BCUT2D eigenvalue weighted by Crippen LogP contribution is -2.23. The Morgan fingerprint density at radius 2 is 1.90 bits per heavy atom. The van der Waals surface area contributed by atoms with Crippen LogP contribution in [-0.2, 0) is 4.74 Å². The summed E-state index contributed by atoms with van der Waals surface area (Å²) in [6.45, 7) is 0. The molecule has 1 fully saturated rings. The lowest BCUT2D eigenvalue weighted by Gasteiger charge is -2.24. The Hall–Kier alpha value is -2.10. The molecule has 1 heterocycles. The average Bonchev–Trinajstić information content (AvgIpc) is 2.55. The quantitative estimate of drug-likeness (QED) is 0.872. The SMILES string of the molecule is COC(=O)c1cnc(NC2CCCCC2)c2ccccc12. The van der Waals surface area contributed by atoms with Crippen LogP contribution in [0.15, 0.2) is 30.5 Å². The maximum absolute atomic E-state index is 11.8. The largest absolute Gasteiger partial charge is 0.465 e. The summed E-state index contributed by atoms with van der Waals surface area (Å²) >= 11 is 0. The molecule has 0 aliphatic heterocycles. The number of carbonyl (C=O) groups excluding carboxylic acids is 1. The van der Waals surface area contributed by atoms with Gasteiger partial charge in [0.25, 0.3) is 0 Å². The van der Waals surface area contributed by atoms with E-state index in [0.717, 1.165) is 16.6 Å². The summed E-state index contributed by atoms with van der Waals surface area (Å²) in [6.07, 6.45) is 7.86. The first kappa shape index (κ1) is 13.9. The normalized spacial score (nSPS) is 15.9. The molecular formula is C17H20N2O2. The first-order chi connectivity index (χ1) is 10.3. The standard InChI is InChI=1S/C17H20N2O2/c1-21-17(20)15-11-18-16(14-10-6-5-9-13(14)15)19-12-7-3-2-4-8-12/h5-6,9-12H,2-4,7-8H2,1H3,(H,18,19). The van der Waals surface area contributed by atoms with Gasteiger partial charge < -0.3 is 10.1 Å². The molecule has 0 saturated heterocycles. The van der Waals surface area contributed by atoms with Crippen LogP contribution in [0.4, 0.5) is 5.82 Å². The van der Waals surface area contributed by atoms with E-state index in [-0.39, 0.29) is 5.97 Å². The number of carbonyl (C=O) groups is 1. The highest BCUT2D eigenvalue weighted by Crippen LogP contribution is 2.28. The van der Waals surface area contributed by atoms with E-state index in [2.05, 4.69) is 10.3 Å². The van der Waals surface area contributed by atoms with Crippen molar-refractivity contribution in [3.63, 3.8) is 0 Å². The van der Waals surface area contributed by atoms with Gasteiger partial charge in [-0.05, 0) is 12.8 Å². The number of methoxy groups -OCH3 is 1. The van der Waals surface area contributed by atoms with Gasteiger partial charge in [0, 0.05) is 23.0 Å². The number of benzene rings is 1. The molecule has 1 saturated carbocycles. The second-order valence-corrected chi connectivity index (χ2v) is 5.54. The third kappa shape index (κ3) is 2.84. The Morgan fingerprint density at radius 3 is 2.62 bits per heavy atom. The molecule has 1 N–H and O–H groups in total. The molecule has 0 atom stereocenters. The Kier molecular flexibility index (Phi) is 4.04. The van der Waals surface area contributed by atoms with Gasteiger partial charge in [-0.2, -0.15) is 0 Å². The summed E-state index contributed by atoms with van der Waals surface area (Å²) in [5, 5.41) is 5.41. The van der Waals surface area contributed by atoms with Gasteiger partial charge in [-0.15, -0.1) is 0 Å². The number of fused-ring (bicyclic) bond motifs is 1. The monoisotopic (exact) mass is 284 g/mol. The van der Waals surface area contributed by atoms with Crippen molar-refractivity contribution in [3.8, 4) is 0 Å². The molecular weight excluding hydrogens is 264 g/mol. The van der Waals surface area contributed by atoms with Crippen LogP contribution in [0, 0.1) is 0 Å². The molecule has 21 heavy (non-hydrogen) atoms. The van der Waals surface area contributed by atoms with Gasteiger partial charge in [0.15, 0.2) is 0 Å². The molecule has 0 unspecified atom stereocenters. The molecule has 0 radical (unpaired) electrons. The summed E-state index contributed by atoms with van der Waals surface area (Å²) in [5.41, 5.74) is 0.516. The fourth-order valence-corrected chi connectivity index (χ4v) is 3.02. The van der Waals surface area contributed by atoms with Gasteiger partial charge >= 0.3 is 5.97 Å². The van der Waals surface area contributed by atoms with E-state index >= 15 is 0 Å². The molecule has 1 aromatic carbocycles. The van der Waals surface area contributed by atoms with Crippen LogP contribution in [0.2, 0.25) is 0 Å². The van der Waals surface area contributed by atoms with E-state index in [9.17, 15) is 4.79 Å². The van der Waals surface area contributed by atoms with Gasteiger partial charge in [-0.3, -0.25) is 0 Å². The molecule has 0 spiro atoms. The van der Waals surface area contributed by atoms with E-state index < -0.39 is 0 Å². The molecule has 0 bridgehead atoms. The van der Waals surface area contributed by atoms with Crippen LogP contribution in [0.25, 0.3) is 10.8 Å². The highest BCUT2D eigenvalue weighted by atomic mass is 16.5. The summed E-state index contributed by atoms with van der Waals surface area (Å²) in [7, 11) is 1.39. The minimum atomic E-state index is -0.345. The van der Waals surface area contributed by atoms with Gasteiger partial charge in [-0.1, -0.05) is 43.5 Å². The van der Waals surface area contributed by atoms with Crippen LogP contribution < -0.4 is 5.32 Å². The summed E-state index contributed by atoms with van der Waals surface area (Å²) in [6, 6.07) is 8.32. The van der Waals surface area contributed by atoms with E-state index in [1.165, 1.54) is 39.2 Å². The molecule has 4 nitrogen and oxygen atoms in total. The van der Waals surface area contributed by atoms with Gasteiger partial charge in [-0.25, -0.2) is 9.78 Å². The fourth-order valence-electron chi connectivity index (χ4n) is 3.02. The fraction of sp³-hybridized carbons (Fsp3) is 0.412. The van der Waals surface area contributed by atoms with Crippen molar-refractivity contribution >= 4 is 22.6 Å². The molecule has 0 amide bonds. The first-order valence-corrected chi connectivity index (χ1v) is 7.52.